The van der Waals surface area contributed by atoms with Gasteiger partial charge in [0, 0.05) is 19.6 Å². The molecule has 1 N–H and O–H groups in total. The second-order valence-electron chi connectivity index (χ2n) is 5.46. The molecule has 1 fully saturated rings. The molecule has 1 saturated heterocycles. The molecule has 0 bridgehead atoms. The monoisotopic (exact) mass is 274 g/mol. The summed E-state index contributed by atoms with van der Waals surface area (Å²) in [5.74, 6) is 1.19. The van der Waals surface area contributed by atoms with Crippen molar-refractivity contribution in [1.82, 2.24) is 4.90 Å². The Bertz CT molecular complexity index is 453. The second-order valence-corrected chi connectivity index (χ2v) is 5.46. The Hall–Kier alpha value is -1.57. The first-order valence-corrected chi connectivity index (χ1v) is 7.18. The number of piperidine rings is 1. The molecule has 1 aromatic carbocycles. The maximum absolute atomic E-state index is 9.69. The molecule has 0 amide bonds. The van der Waals surface area contributed by atoms with Crippen molar-refractivity contribution in [3.8, 4) is 11.8 Å². The van der Waals surface area contributed by atoms with Crippen molar-refractivity contribution in [2.24, 2.45) is 5.92 Å². The Morgan fingerprint density at radius 2 is 2.15 bits per heavy atom. The standard InChI is InChI=1S/C16H22N2O2/c1-13-12-18(9-7-16(13)19)10-11-20-15-4-2-14(3-5-15)6-8-17/h2-5,13,16,19H,6-7,9-12H2,1H3. The van der Waals surface area contributed by atoms with Gasteiger partial charge in [0.05, 0.1) is 18.6 Å². The van der Waals surface area contributed by atoms with Crippen LogP contribution in [-0.4, -0.2) is 42.4 Å². The van der Waals surface area contributed by atoms with Crippen LogP contribution in [0.25, 0.3) is 0 Å². The summed E-state index contributed by atoms with van der Waals surface area (Å²) < 4.78 is 5.72. The largest absolute Gasteiger partial charge is 0.492 e. The van der Waals surface area contributed by atoms with E-state index in [-0.39, 0.29) is 6.10 Å². The summed E-state index contributed by atoms with van der Waals surface area (Å²) in [4.78, 5) is 2.33. The van der Waals surface area contributed by atoms with Gasteiger partial charge in [-0.3, -0.25) is 4.90 Å². The van der Waals surface area contributed by atoms with E-state index in [4.69, 9.17) is 10.00 Å². The first-order valence-electron chi connectivity index (χ1n) is 7.18. The maximum atomic E-state index is 9.69. The van der Waals surface area contributed by atoms with Gasteiger partial charge < -0.3 is 9.84 Å². The van der Waals surface area contributed by atoms with Crippen LogP contribution in [0.15, 0.2) is 24.3 Å². The molecular weight excluding hydrogens is 252 g/mol. The number of nitriles is 1. The summed E-state index contributed by atoms with van der Waals surface area (Å²) in [6.45, 7) is 5.50. The van der Waals surface area contributed by atoms with E-state index in [0.717, 1.165) is 37.4 Å². The number of benzene rings is 1. The number of aliphatic hydroxyl groups is 1. The molecule has 0 radical (unpaired) electrons. The van der Waals surface area contributed by atoms with E-state index in [9.17, 15) is 5.11 Å². The normalized spacial score (nSPS) is 23.2. The van der Waals surface area contributed by atoms with Crippen molar-refractivity contribution >= 4 is 0 Å². The van der Waals surface area contributed by atoms with Crippen LogP contribution >= 0.6 is 0 Å². The van der Waals surface area contributed by atoms with E-state index >= 15 is 0 Å². The molecule has 4 nitrogen and oxygen atoms in total. The van der Waals surface area contributed by atoms with Gasteiger partial charge >= 0.3 is 0 Å². The van der Waals surface area contributed by atoms with Crippen LogP contribution in [0.5, 0.6) is 5.75 Å². The van der Waals surface area contributed by atoms with Crippen LogP contribution in [0.3, 0.4) is 0 Å². The Kier molecular flexibility index (Phi) is 5.40. The molecule has 2 atom stereocenters. The molecule has 2 rings (SSSR count). The van der Waals surface area contributed by atoms with E-state index in [0.29, 0.717) is 18.9 Å². The van der Waals surface area contributed by atoms with Crippen molar-refractivity contribution in [3.63, 3.8) is 0 Å². The molecule has 1 aliphatic heterocycles. The van der Waals surface area contributed by atoms with E-state index in [1.54, 1.807) is 0 Å². The lowest BCUT2D eigenvalue weighted by atomic mass is 9.97. The molecule has 0 aromatic heterocycles. The number of likely N-dealkylation sites (tertiary alicyclic amines) is 1. The summed E-state index contributed by atoms with van der Waals surface area (Å²) in [5, 5.41) is 18.3. The fourth-order valence-corrected chi connectivity index (χ4v) is 2.51. The molecule has 108 valence electrons. The fourth-order valence-electron chi connectivity index (χ4n) is 2.51. The molecule has 1 aromatic rings. The molecule has 20 heavy (non-hydrogen) atoms. The van der Waals surface area contributed by atoms with Gasteiger partial charge in [-0.25, -0.2) is 0 Å². The molecular formula is C16H22N2O2. The number of hydrogen-bond donors (Lipinski definition) is 1. The molecule has 1 aliphatic rings. The van der Waals surface area contributed by atoms with Crippen molar-refractivity contribution in [3.05, 3.63) is 29.8 Å². The fraction of sp³-hybridized carbons (Fsp3) is 0.562. The first-order chi connectivity index (χ1) is 9.69. The van der Waals surface area contributed by atoms with E-state index in [2.05, 4.69) is 17.9 Å². The summed E-state index contributed by atoms with van der Waals surface area (Å²) in [6, 6.07) is 9.81. The van der Waals surface area contributed by atoms with Gasteiger partial charge in [0.2, 0.25) is 0 Å². The summed E-state index contributed by atoms with van der Waals surface area (Å²) >= 11 is 0. The topological polar surface area (TPSA) is 56.5 Å². The van der Waals surface area contributed by atoms with E-state index in [1.807, 2.05) is 24.3 Å². The van der Waals surface area contributed by atoms with Crippen molar-refractivity contribution in [2.75, 3.05) is 26.2 Å². The number of hydrogen-bond acceptors (Lipinski definition) is 4. The lowest BCUT2D eigenvalue weighted by molar-refractivity contribution is 0.0304. The third kappa shape index (κ3) is 4.22. The SMILES string of the molecule is CC1CN(CCOc2ccc(CC#N)cc2)CCC1O. The van der Waals surface area contributed by atoms with Gasteiger partial charge in [-0.1, -0.05) is 19.1 Å². The summed E-state index contributed by atoms with van der Waals surface area (Å²) in [6.07, 6.45) is 1.14. The Morgan fingerprint density at radius 1 is 1.40 bits per heavy atom. The average molecular weight is 274 g/mol. The Labute approximate surface area is 120 Å². The molecule has 2 unspecified atom stereocenters. The van der Waals surface area contributed by atoms with Crippen LogP contribution in [0.1, 0.15) is 18.9 Å². The Morgan fingerprint density at radius 3 is 2.80 bits per heavy atom. The quantitative estimate of drug-likeness (QED) is 0.890. The van der Waals surface area contributed by atoms with Crippen molar-refractivity contribution < 1.29 is 9.84 Å². The van der Waals surface area contributed by atoms with Gasteiger partial charge in [-0.2, -0.15) is 5.26 Å². The lowest BCUT2D eigenvalue weighted by Gasteiger charge is -2.34. The Balaban J connectivity index is 1.72. The highest BCUT2D eigenvalue weighted by Gasteiger charge is 2.23. The zero-order valence-electron chi connectivity index (χ0n) is 12.0. The number of rotatable bonds is 5. The van der Waals surface area contributed by atoms with Crippen molar-refractivity contribution in [2.45, 2.75) is 25.9 Å². The molecule has 0 spiro atoms. The molecule has 0 saturated carbocycles. The summed E-state index contributed by atoms with van der Waals surface area (Å²) in [5.41, 5.74) is 1.01. The molecule has 1 heterocycles. The zero-order valence-corrected chi connectivity index (χ0v) is 12.0. The minimum Gasteiger partial charge on any atom is -0.492 e. The predicted molar refractivity (Wildman–Crippen MR) is 77.5 cm³/mol. The highest BCUT2D eigenvalue weighted by Crippen LogP contribution is 2.17. The minimum absolute atomic E-state index is 0.153. The van der Waals surface area contributed by atoms with Gasteiger partial charge in [-0.15, -0.1) is 0 Å². The zero-order chi connectivity index (χ0) is 14.4. The number of ether oxygens (including phenoxy) is 1. The third-order valence-corrected chi connectivity index (χ3v) is 3.83. The number of aliphatic hydroxyl groups excluding tert-OH is 1. The molecule has 0 aliphatic carbocycles. The predicted octanol–water partition coefficient (Wildman–Crippen LogP) is 1.83. The first kappa shape index (κ1) is 14.8. The van der Waals surface area contributed by atoms with Crippen LogP contribution in [-0.2, 0) is 6.42 Å². The van der Waals surface area contributed by atoms with Crippen LogP contribution in [0.2, 0.25) is 0 Å². The van der Waals surface area contributed by atoms with Crippen LogP contribution < -0.4 is 4.74 Å². The minimum atomic E-state index is -0.153. The molecule has 4 heteroatoms. The number of nitrogens with zero attached hydrogens (tertiary/aromatic N) is 2. The second kappa shape index (κ2) is 7.28. The summed E-state index contributed by atoms with van der Waals surface area (Å²) in [7, 11) is 0. The van der Waals surface area contributed by atoms with E-state index in [1.165, 1.54) is 0 Å². The van der Waals surface area contributed by atoms with Gasteiger partial charge in [0.25, 0.3) is 0 Å². The average Bonchev–Trinajstić information content (AvgIpc) is 2.45. The maximum Gasteiger partial charge on any atom is 0.119 e. The van der Waals surface area contributed by atoms with Crippen LogP contribution in [0.4, 0.5) is 0 Å². The highest BCUT2D eigenvalue weighted by atomic mass is 16.5. The van der Waals surface area contributed by atoms with E-state index < -0.39 is 0 Å². The van der Waals surface area contributed by atoms with Gasteiger partial charge in [0.1, 0.15) is 12.4 Å². The van der Waals surface area contributed by atoms with Crippen molar-refractivity contribution in [1.29, 1.82) is 5.26 Å². The van der Waals surface area contributed by atoms with Gasteiger partial charge in [0.15, 0.2) is 0 Å². The third-order valence-electron chi connectivity index (χ3n) is 3.83. The highest BCUT2D eigenvalue weighted by molar-refractivity contribution is 5.28. The van der Waals surface area contributed by atoms with Gasteiger partial charge in [-0.05, 0) is 30.0 Å². The lowest BCUT2D eigenvalue weighted by Crippen LogP contribution is -2.43. The van der Waals surface area contributed by atoms with Crippen LogP contribution in [0, 0.1) is 17.2 Å². The smallest absolute Gasteiger partial charge is 0.119 e.